The molecule has 0 aliphatic carbocycles. The van der Waals surface area contributed by atoms with E-state index in [2.05, 4.69) is 25.7 Å². The van der Waals surface area contributed by atoms with Gasteiger partial charge in [0.1, 0.15) is 47.5 Å². The first-order valence-corrected chi connectivity index (χ1v) is 20.4. The molecule has 4 amide bonds. The van der Waals surface area contributed by atoms with Gasteiger partial charge in [-0.2, -0.15) is 10.2 Å². The monoisotopic (exact) mass is 834 g/mol. The van der Waals surface area contributed by atoms with Crippen molar-refractivity contribution in [2.24, 2.45) is 22.3 Å². The molecule has 1 saturated heterocycles. The summed E-state index contributed by atoms with van der Waals surface area (Å²) >= 11 is 0. The molecule has 0 radical (unpaired) electrons. The molecule has 0 spiro atoms. The molecular formula is C41H50N14O6. The number of aromatic nitrogens is 6. The van der Waals surface area contributed by atoms with Crippen LogP contribution in [-0.2, 0) is 24.4 Å². The van der Waals surface area contributed by atoms with Crippen molar-refractivity contribution in [3.05, 3.63) is 65.0 Å². The van der Waals surface area contributed by atoms with E-state index < -0.39 is 23.8 Å². The number of likely N-dealkylation sites (tertiary alicyclic amines) is 1. The fourth-order valence-corrected chi connectivity index (χ4v) is 8.21. The molecule has 2 aromatic carbocycles. The van der Waals surface area contributed by atoms with E-state index in [1.165, 1.54) is 0 Å². The maximum absolute atomic E-state index is 13.9. The van der Waals surface area contributed by atoms with E-state index in [9.17, 15) is 19.2 Å². The number of primary amides is 2. The first-order chi connectivity index (χ1) is 29.3. The Morgan fingerprint density at radius 1 is 0.820 bits per heavy atom. The number of hydrogen-bond acceptors (Lipinski definition) is 13. The van der Waals surface area contributed by atoms with E-state index in [0.717, 1.165) is 12.1 Å². The molecule has 20 nitrogen and oxygen atoms in total. The maximum Gasteiger partial charge on any atom is 0.276 e. The molecule has 0 bridgehead atoms. The van der Waals surface area contributed by atoms with Crippen LogP contribution >= 0.6 is 0 Å². The van der Waals surface area contributed by atoms with Gasteiger partial charge in [0, 0.05) is 68.6 Å². The second-order valence-electron chi connectivity index (χ2n) is 15.5. The lowest BCUT2D eigenvalue weighted by Gasteiger charge is -2.28. The fraction of sp³-hybridized carbons (Fsp3) is 0.415. The minimum atomic E-state index is -0.680. The summed E-state index contributed by atoms with van der Waals surface area (Å²) in [6, 6.07) is 7.01. The van der Waals surface area contributed by atoms with Crippen molar-refractivity contribution < 1.29 is 28.7 Å². The number of aryl methyl sites for hydroxylation is 2. The Labute approximate surface area is 350 Å². The van der Waals surface area contributed by atoms with E-state index in [1.807, 2.05) is 44.4 Å². The number of nitrogens with one attached hydrogen (secondary N) is 2. The Balaban J connectivity index is 1.25. The highest BCUT2D eigenvalue weighted by molar-refractivity contribution is 6.05. The summed E-state index contributed by atoms with van der Waals surface area (Å²) in [5.74, 6) is -0.997. The highest BCUT2D eigenvalue weighted by atomic mass is 16.5. The van der Waals surface area contributed by atoms with Crippen molar-refractivity contribution in [3.8, 4) is 11.5 Å². The summed E-state index contributed by atoms with van der Waals surface area (Å²) in [6.07, 6.45) is 4.97. The number of likely N-dealkylation sites (N-methyl/N-ethyl adjacent to an activating group) is 1. The summed E-state index contributed by atoms with van der Waals surface area (Å²) in [5.41, 5.74) is 22.1. The lowest BCUT2D eigenvalue weighted by molar-refractivity contribution is -0.120. The summed E-state index contributed by atoms with van der Waals surface area (Å²) in [4.78, 5) is 64.8. The summed E-state index contributed by atoms with van der Waals surface area (Å²) in [5, 5.41) is 16.7. The van der Waals surface area contributed by atoms with Crippen LogP contribution in [0.3, 0.4) is 0 Å². The Morgan fingerprint density at radius 3 is 1.93 bits per heavy atom. The van der Waals surface area contributed by atoms with Gasteiger partial charge in [-0.25, -0.2) is 9.97 Å². The number of anilines is 2. The zero-order valence-corrected chi connectivity index (χ0v) is 34.6. The number of carbonyl (C=O) groups excluding carboxylic acids is 4. The number of carbonyl (C=O) groups is 4. The number of ether oxygens (including phenoxy) is 2. The lowest BCUT2D eigenvalue weighted by atomic mass is 10.1. The minimum Gasteiger partial charge on any atom is -0.490 e. The van der Waals surface area contributed by atoms with Gasteiger partial charge < -0.3 is 35.8 Å². The number of nitrogens with zero attached hydrogens (tertiary/aromatic N) is 9. The van der Waals surface area contributed by atoms with Crippen LogP contribution < -0.4 is 37.3 Å². The number of rotatable bonds is 9. The molecule has 61 heavy (non-hydrogen) atoms. The Hall–Kier alpha value is -6.80. The van der Waals surface area contributed by atoms with Crippen LogP contribution in [0.25, 0.3) is 22.1 Å². The molecule has 6 heterocycles. The van der Waals surface area contributed by atoms with Gasteiger partial charge in [0.25, 0.3) is 11.8 Å². The number of nitrogens with two attached hydrogens (primary N) is 3. The Bertz CT molecular complexity index is 2620. The highest BCUT2D eigenvalue weighted by Crippen LogP contribution is 2.34. The Kier molecular flexibility index (Phi) is 11.2. The largest absolute Gasteiger partial charge is 0.490 e. The van der Waals surface area contributed by atoms with Crippen molar-refractivity contribution >= 4 is 63.3 Å². The average molecular weight is 835 g/mol. The zero-order valence-electron chi connectivity index (χ0n) is 34.6. The summed E-state index contributed by atoms with van der Waals surface area (Å²) in [7, 11) is 0. The molecule has 5 aromatic rings. The third kappa shape index (κ3) is 8.10. The van der Waals surface area contributed by atoms with Crippen molar-refractivity contribution in [2.45, 2.75) is 78.3 Å². The maximum atomic E-state index is 13.9. The predicted molar refractivity (Wildman–Crippen MR) is 228 cm³/mol. The SMILES string of the molecule is CCN1N=C(C)CC1C(=O)Nc1nc2cc(C(N)=O)cc3c2n1C/C=C/Cn1c(NC(=O)c2cc(C)nn2CC)nc2cc(C(N)=O)cc(c21)OCC(N1CCC(N)C1)CO3. The van der Waals surface area contributed by atoms with Gasteiger partial charge in [-0.1, -0.05) is 12.2 Å². The van der Waals surface area contributed by atoms with Crippen LogP contribution in [-0.4, -0.2) is 119 Å². The molecule has 3 aromatic heterocycles. The number of amides is 4. The van der Waals surface area contributed by atoms with Crippen LogP contribution in [0, 0.1) is 6.92 Å². The van der Waals surface area contributed by atoms with Crippen molar-refractivity contribution in [1.29, 1.82) is 0 Å². The molecule has 3 atom stereocenters. The highest BCUT2D eigenvalue weighted by Gasteiger charge is 2.33. The first-order valence-electron chi connectivity index (χ1n) is 20.4. The molecule has 1 fully saturated rings. The minimum absolute atomic E-state index is 0.0665. The van der Waals surface area contributed by atoms with E-state index in [4.69, 9.17) is 36.6 Å². The smallest absolute Gasteiger partial charge is 0.276 e. The van der Waals surface area contributed by atoms with E-state index in [-0.39, 0.29) is 67.3 Å². The van der Waals surface area contributed by atoms with Gasteiger partial charge in [-0.05, 0) is 64.4 Å². The van der Waals surface area contributed by atoms with E-state index in [0.29, 0.717) is 77.6 Å². The molecular weight excluding hydrogens is 785 g/mol. The van der Waals surface area contributed by atoms with Gasteiger partial charge in [-0.15, -0.1) is 0 Å². The van der Waals surface area contributed by atoms with Gasteiger partial charge in [0.15, 0.2) is 0 Å². The molecule has 0 saturated carbocycles. The van der Waals surface area contributed by atoms with Gasteiger partial charge in [-0.3, -0.25) is 44.4 Å². The number of allylic oxidation sites excluding steroid dienone is 2. The molecule has 8 N–H and O–H groups in total. The third-order valence-electron chi connectivity index (χ3n) is 11.2. The molecule has 3 unspecified atom stereocenters. The number of benzene rings is 2. The van der Waals surface area contributed by atoms with Crippen LogP contribution in [0.15, 0.2) is 47.6 Å². The van der Waals surface area contributed by atoms with Crippen molar-refractivity contribution in [2.75, 3.05) is 43.5 Å². The molecule has 20 heteroatoms. The van der Waals surface area contributed by atoms with Crippen molar-refractivity contribution in [1.82, 2.24) is 38.8 Å². The van der Waals surface area contributed by atoms with Gasteiger partial charge in [0.05, 0.1) is 22.8 Å². The number of hydrazone groups is 1. The number of imidazole rings is 2. The first kappa shape index (κ1) is 41.0. The molecule has 8 rings (SSSR count). The third-order valence-corrected chi connectivity index (χ3v) is 11.2. The van der Waals surface area contributed by atoms with Gasteiger partial charge in [0.2, 0.25) is 23.7 Å². The predicted octanol–water partition coefficient (Wildman–Crippen LogP) is 2.20. The second-order valence-corrected chi connectivity index (χ2v) is 15.5. The molecule has 3 aliphatic heterocycles. The molecule has 320 valence electrons. The van der Waals surface area contributed by atoms with Crippen LogP contribution in [0.2, 0.25) is 0 Å². The molecule has 3 aliphatic rings. The van der Waals surface area contributed by atoms with Crippen LogP contribution in [0.1, 0.15) is 70.5 Å². The number of hydrogen-bond donors (Lipinski definition) is 5. The average Bonchev–Trinajstić information content (AvgIpc) is 4.06. The van der Waals surface area contributed by atoms with E-state index in [1.54, 1.807) is 44.6 Å². The standard InChI is InChI=1S/C41H50N14O6/c1-5-54-30(13-22(3)49-54)38(58)47-40-45-28-15-24(36(43)56)17-32-34(28)52(40)10-7-8-11-53-35-29(46-41(53)48-39(59)31-14-23(4)50-55(31)6-2)16-25(37(44)57)18-33(35)61-21-27(20-60-32)51-12-9-26(42)19-51/h7-8,13,15-18,26-27,31H,5-6,9-12,14,19-21,42H2,1-4H3,(H2,43,56)(H2,44,57)(H,45,47,58)(H,46,48,59)/b8-7+. The topological polar surface area (TPSA) is 261 Å². The summed E-state index contributed by atoms with van der Waals surface area (Å²) < 4.78 is 18.5. The van der Waals surface area contributed by atoms with Gasteiger partial charge >= 0.3 is 0 Å². The van der Waals surface area contributed by atoms with Crippen LogP contribution in [0.5, 0.6) is 11.5 Å². The zero-order chi connectivity index (χ0) is 43.1. The second kappa shape index (κ2) is 16.7. The lowest BCUT2D eigenvalue weighted by Crippen LogP contribution is -2.43. The summed E-state index contributed by atoms with van der Waals surface area (Å²) in [6.45, 7) is 10.3. The fourth-order valence-electron chi connectivity index (χ4n) is 8.21. The normalized spacial score (nSPS) is 20.1. The van der Waals surface area contributed by atoms with E-state index >= 15 is 0 Å². The Morgan fingerprint density at radius 2 is 1.41 bits per heavy atom. The quantitative estimate of drug-likeness (QED) is 0.134. The van der Waals surface area contributed by atoms with Crippen molar-refractivity contribution in [3.63, 3.8) is 0 Å². The van der Waals surface area contributed by atoms with Crippen LogP contribution in [0.4, 0.5) is 11.9 Å².